The smallest absolute Gasteiger partial charge is 0.0261 e. The number of rotatable bonds is 1. The van der Waals surface area contributed by atoms with E-state index < -0.39 is 0 Å². The Bertz CT molecular complexity index is 204. The minimum absolute atomic E-state index is 0.690. The number of nitrogens with one attached hydrogen (secondary N) is 1. The van der Waals surface area contributed by atoms with Gasteiger partial charge in [0.2, 0.25) is 0 Å². The van der Waals surface area contributed by atoms with Crippen molar-refractivity contribution in [3.05, 3.63) is 0 Å². The largest absolute Gasteiger partial charge is 0.313 e. The summed E-state index contributed by atoms with van der Waals surface area (Å²) in [7, 11) is 0. The van der Waals surface area contributed by atoms with Crippen LogP contribution in [0.25, 0.3) is 0 Å². The van der Waals surface area contributed by atoms with Crippen LogP contribution in [-0.2, 0) is 0 Å². The van der Waals surface area contributed by atoms with E-state index in [0.717, 1.165) is 23.9 Å². The Morgan fingerprint density at radius 1 is 1.14 bits per heavy atom. The Balaban J connectivity index is 2.04. The summed E-state index contributed by atoms with van der Waals surface area (Å²) in [6.45, 7) is 12.0. The molecule has 2 aliphatic rings. The fraction of sp³-hybridized carbons (Fsp3) is 1.00. The molecule has 0 aromatic carbocycles. The van der Waals surface area contributed by atoms with E-state index in [2.05, 4.69) is 37.9 Å². The van der Waals surface area contributed by atoms with E-state index in [-0.39, 0.29) is 0 Å². The van der Waals surface area contributed by atoms with Gasteiger partial charge in [0.1, 0.15) is 0 Å². The first-order chi connectivity index (χ1) is 6.61. The van der Waals surface area contributed by atoms with Crippen molar-refractivity contribution in [2.75, 3.05) is 13.1 Å². The maximum absolute atomic E-state index is 3.55. The molecule has 2 aliphatic heterocycles. The van der Waals surface area contributed by atoms with Crippen molar-refractivity contribution < 1.29 is 0 Å². The van der Waals surface area contributed by atoms with Gasteiger partial charge in [-0.15, -0.1) is 0 Å². The average molecular weight is 196 g/mol. The number of likely N-dealkylation sites (tertiary alicyclic amines) is 1. The van der Waals surface area contributed by atoms with Gasteiger partial charge in [-0.1, -0.05) is 13.8 Å². The molecule has 2 heteroatoms. The van der Waals surface area contributed by atoms with Crippen molar-refractivity contribution in [3.63, 3.8) is 0 Å². The van der Waals surface area contributed by atoms with Crippen molar-refractivity contribution in [1.82, 2.24) is 10.2 Å². The topological polar surface area (TPSA) is 15.3 Å². The molecule has 14 heavy (non-hydrogen) atoms. The highest BCUT2D eigenvalue weighted by molar-refractivity contribution is 4.96. The molecule has 0 aromatic heterocycles. The van der Waals surface area contributed by atoms with E-state index in [1.807, 2.05) is 0 Å². The fourth-order valence-corrected chi connectivity index (χ4v) is 3.18. The standard InChI is InChI=1S/C12H24N2/c1-8-7-14(11(4)9(8)2)12-5-6-13-10(12)3/h8-13H,5-7H2,1-4H3. The molecule has 82 valence electrons. The lowest BCUT2D eigenvalue weighted by Gasteiger charge is -2.32. The van der Waals surface area contributed by atoms with Gasteiger partial charge in [0, 0.05) is 24.7 Å². The maximum atomic E-state index is 3.55. The molecule has 0 saturated carbocycles. The highest BCUT2D eigenvalue weighted by Gasteiger charge is 2.40. The van der Waals surface area contributed by atoms with Crippen LogP contribution in [0.5, 0.6) is 0 Å². The van der Waals surface area contributed by atoms with Gasteiger partial charge in [-0.05, 0) is 38.6 Å². The van der Waals surface area contributed by atoms with Crippen LogP contribution < -0.4 is 5.32 Å². The summed E-state index contributed by atoms with van der Waals surface area (Å²) < 4.78 is 0. The van der Waals surface area contributed by atoms with Crippen LogP contribution >= 0.6 is 0 Å². The van der Waals surface area contributed by atoms with Crippen LogP contribution in [0.4, 0.5) is 0 Å². The summed E-state index contributed by atoms with van der Waals surface area (Å²) in [5.41, 5.74) is 0. The van der Waals surface area contributed by atoms with E-state index in [0.29, 0.717) is 6.04 Å². The van der Waals surface area contributed by atoms with E-state index in [1.54, 1.807) is 0 Å². The molecule has 5 atom stereocenters. The Hall–Kier alpha value is -0.0800. The van der Waals surface area contributed by atoms with Crippen LogP contribution in [0.3, 0.4) is 0 Å². The lowest BCUT2D eigenvalue weighted by atomic mass is 9.95. The minimum atomic E-state index is 0.690. The zero-order valence-electron chi connectivity index (χ0n) is 9.96. The first-order valence-electron chi connectivity index (χ1n) is 6.10. The molecule has 2 saturated heterocycles. The van der Waals surface area contributed by atoms with E-state index in [9.17, 15) is 0 Å². The zero-order valence-corrected chi connectivity index (χ0v) is 9.96. The molecule has 0 aliphatic carbocycles. The van der Waals surface area contributed by atoms with Crippen LogP contribution in [0.15, 0.2) is 0 Å². The second kappa shape index (κ2) is 3.82. The van der Waals surface area contributed by atoms with Gasteiger partial charge in [0.05, 0.1) is 0 Å². The summed E-state index contributed by atoms with van der Waals surface area (Å²) in [5, 5.41) is 3.55. The highest BCUT2D eigenvalue weighted by Crippen LogP contribution is 2.33. The Labute approximate surface area is 88.1 Å². The molecule has 1 N–H and O–H groups in total. The van der Waals surface area contributed by atoms with Gasteiger partial charge in [-0.2, -0.15) is 0 Å². The van der Waals surface area contributed by atoms with Crippen LogP contribution in [0.1, 0.15) is 34.1 Å². The van der Waals surface area contributed by atoms with Gasteiger partial charge in [-0.25, -0.2) is 0 Å². The third kappa shape index (κ3) is 1.59. The van der Waals surface area contributed by atoms with Crippen LogP contribution in [0, 0.1) is 11.8 Å². The first kappa shape index (κ1) is 10.4. The second-order valence-electron chi connectivity index (χ2n) is 5.37. The summed E-state index contributed by atoms with van der Waals surface area (Å²) in [4.78, 5) is 2.74. The van der Waals surface area contributed by atoms with Crippen LogP contribution in [0.2, 0.25) is 0 Å². The van der Waals surface area contributed by atoms with Gasteiger partial charge < -0.3 is 5.32 Å². The van der Waals surface area contributed by atoms with Crippen LogP contribution in [-0.4, -0.2) is 36.1 Å². The number of hydrogen-bond donors (Lipinski definition) is 1. The zero-order chi connectivity index (χ0) is 10.3. The average Bonchev–Trinajstić information content (AvgIpc) is 2.66. The van der Waals surface area contributed by atoms with Gasteiger partial charge in [0.25, 0.3) is 0 Å². The highest BCUT2D eigenvalue weighted by atomic mass is 15.3. The third-order valence-electron chi connectivity index (χ3n) is 4.59. The van der Waals surface area contributed by atoms with Gasteiger partial charge >= 0.3 is 0 Å². The quantitative estimate of drug-likeness (QED) is 0.687. The van der Waals surface area contributed by atoms with Crippen molar-refractivity contribution in [3.8, 4) is 0 Å². The Morgan fingerprint density at radius 3 is 2.29 bits per heavy atom. The summed E-state index contributed by atoms with van der Waals surface area (Å²) in [6, 6.07) is 2.25. The molecule has 2 rings (SSSR count). The SMILES string of the molecule is CC1CN(C2CCNC2C)C(C)C1C. The molecule has 2 fully saturated rings. The summed E-state index contributed by atoms with van der Waals surface area (Å²) >= 11 is 0. The van der Waals surface area contributed by atoms with Crippen molar-refractivity contribution in [2.45, 2.75) is 52.2 Å². The predicted molar refractivity (Wildman–Crippen MR) is 60.4 cm³/mol. The van der Waals surface area contributed by atoms with Crippen molar-refractivity contribution in [1.29, 1.82) is 0 Å². The van der Waals surface area contributed by atoms with E-state index in [4.69, 9.17) is 0 Å². The monoisotopic (exact) mass is 196 g/mol. The lowest BCUT2D eigenvalue weighted by Crippen LogP contribution is -2.44. The molecule has 5 unspecified atom stereocenters. The third-order valence-corrected chi connectivity index (χ3v) is 4.59. The number of nitrogens with zero attached hydrogens (tertiary/aromatic N) is 1. The fourth-order valence-electron chi connectivity index (χ4n) is 3.18. The Morgan fingerprint density at radius 2 is 1.86 bits per heavy atom. The molecule has 0 amide bonds. The molecule has 0 spiro atoms. The molecule has 0 aromatic rings. The first-order valence-corrected chi connectivity index (χ1v) is 6.10. The van der Waals surface area contributed by atoms with Gasteiger partial charge in [-0.3, -0.25) is 4.90 Å². The molecular weight excluding hydrogens is 172 g/mol. The molecule has 0 bridgehead atoms. The lowest BCUT2D eigenvalue weighted by molar-refractivity contribution is 0.166. The molecule has 2 nitrogen and oxygen atoms in total. The Kier molecular flexibility index (Phi) is 2.85. The second-order valence-corrected chi connectivity index (χ2v) is 5.37. The molecular formula is C12H24N2. The van der Waals surface area contributed by atoms with E-state index >= 15 is 0 Å². The maximum Gasteiger partial charge on any atom is 0.0261 e. The minimum Gasteiger partial charge on any atom is -0.313 e. The van der Waals surface area contributed by atoms with E-state index in [1.165, 1.54) is 19.5 Å². The molecule has 0 radical (unpaired) electrons. The van der Waals surface area contributed by atoms with Crippen molar-refractivity contribution in [2.24, 2.45) is 11.8 Å². The normalized spacial score (nSPS) is 50.1. The van der Waals surface area contributed by atoms with Gasteiger partial charge in [0.15, 0.2) is 0 Å². The summed E-state index contributed by atoms with van der Waals surface area (Å²) in [6.07, 6.45) is 1.34. The number of hydrogen-bond acceptors (Lipinski definition) is 2. The predicted octanol–water partition coefficient (Wildman–Crippen LogP) is 1.71. The molecule has 2 heterocycles. The van der Waals surface area contributed by atoms with Crippen molar-refractivity contribution >= 4 is 0 Å². The summed E-state index contributed by atoms with van der Waals surface area (Å²) in [5.74, 6) is 1.74.